The summed E-state index contributed by atoms with van der Waals surface area (Å²) in [5.41, 5.74) is 1.94. The predicted octanol–water partition coefficient (Wildman–Crippen LogP) is 3.15. The highest BCUT2D eigenvalue weighted by Gasteiger charge is 2.12. The van der Waals surface area contributed by atoms with E-state index in [0.717, 1.165) is 17.8 Å². The van der Waals surface area contributed by atoms with Gasteiger partial charge >= 0.3 is 0 Å². The highest BCUT2D eigenvalue weighted by atomic mass is 79.9. The Hall–Kier alpha value is -1.89. The molecule has 0 unspecified atom stereocenters. The fourth-order valence-corrected chi connectivity index (χ4v) is 2.18. The molecule has 0 aliphatic rings. The van der Waals surface area contributed by atoms with Gasteiger partial charge in [0.2, 0.25) is 5.95 Å². The van der Waals surface area contributed by atoms with Crippen molar-refractivity contribution in [2.75, 3.05) is 5.32 Å². The number of carbonyl (C=O) groups excluding carboxylic acids is 1. The van der Waals surface area contributed by atoms with Crippen LogP contribution in [0.5, 0.6) is 0 Å². The molecule has 0 saturated carbocycles. The molecule has 1 amide bonds. The van der Waals surface area contributed by atoms with E-state index in [-0.39, 0.29) is 10.4 Å². The number of hydrogen-bond acceptors (Lipinski definition) is 4. The van der Waals surface area contributed by atoms with Crippen molar-refractivity contribution in [3.63, 3.8) is 0 Å². The summed E-state index contributed by atoms with van der Waals surface area (Å²) < 4.78 is 13.4. The van der Waals surface area contributed by atoms with Gasteiger partial charge in [-0.25, -0.2) is 9.37 Å². The Kier molecular flexibility index (Phi) is 4.95. The number of nitrogens with zero attached hydrogens (tertiary/aromatic N) is 3. The topological polar surface area (TPSA) is 67.8 Å². The highest BCUT2D eigenvalue weighted by Crippen LogP contribution is 2.17. The first-order valence-electron chi connectivity index (χ1n) is 6.54. The molecule has 0 aliphatic heterocycles. The maximum absolute atomic E-state index is 13.2. The second-order valence-electron chi connectivity index (χ2n) is 4.32. The molecule has 0 atom stereocenters. The second kappa shape index (κ2) is 6.71. The third-order valence-electron chi connectivity index (χ3n) is 2.92. The van der Waals surface area contributed by atoms with E-state index in [2.05, 4.69) is 36.4 Å². The van der Waals surface area contributed by atoms with Crippen molar-refractivity contribution in [2.45, 2.75) is 26.7 Å². The van der Waals surface area contributed by atoms with Gasteiger partial charge in [0.05, 0.1) is 15.9 Å². The molecular weight excluding hydrogens is 339 g/mol. The standard InChI is InChI=1S/C14H14BrFN4O/c1-3-11-12(4-2)19-20-14(17-11)18-13(21)8-5-6-10(16)9(15)7-8/h5-7H,3-4H2,1-2H3,(H,17,18,20,21). The lowest BCUT2D eigenvalue weighted by atomic mass is 10.2. The number of aryl methyl sites for hydroxylation is 2. The fraction of sp³-hybridized carbons (Fsp3) is 0.286. The van der Waals surface area contributed by atoms with Gasteiger partial charge in [0.1, 0.15) is 5.82 Å². The van der Waals surface area contributed by atoms with Crippen LogP contribution in [0.4, 0.5) is 10.3 Å². The minimum absolute atomic E-state index is 0.148. The first-order chi connectivity index (χ1) is 10.0. The molecule has 0 saturated heterocycles. The molecule has 7 heteroatoms. The van der Waals surface area contributed by atoms with Crippen molar-refractivity contribution >= 4 is 27.8 Å². The monoisotopic (exact) mass is 352 g/mol. The van der Waals surface area contributed by atoms with Crippen molar-refractivity contribution in [3.05, 3.63) is 45.4 Å². The Labute approximate surface area is 130 Å². The van der Waals surface area contributed by atoms with E-state index >= 15 is 0 Å². The largest absolute Gasteiger partial charge is 0.289 e. The minimum atomic E-state index is -0.426. The van der Waals surface area contributed by atoms with Gasteiger partial charge in [-0.05, 0) is 47.0 Å². The summed E-state index contributed by atoms with van der Waals surface area (Å²) in [6, 6.07) is 4.01. The lowest BCUT2D eigenvalue weighted by Crippen LogP contribution is -2.16. The molecule has 1 heterocycles. The molecule has 0 bridgehead atoms. The number of hydrogen-bond donors (Lipinski definition) is 1. The second-order valence-corrected chi connectivity index (χ2v) is 5.17. The molecule has 110 valence electrons. The van der Waals surface area contributed by atoms with Gasteiger partial charge < -0.3 is 0 Å². The van der Waals surface area contributed by atoms with Gasteiger partial charge in [-0.3, -0.25) is 10.1 Å². The summed E-state index contributed by atoms with van der Waals surface area (Å²) in [7, 11) is 0. The van der Waals surface area contributed by atoms with E-state index in [1.807, 2.05) is 13.8 Å². The smallest absolute Gasteiger partial charge is 0.258 e. The SMILES string of the molecule is CCc1nnc(NC(=O)c2ccc(F)c(Br)c2)nc1CC. The molecule has 2 rings (SSSR count). The average molecular weight is 353 g/mol. The van der Waals surface area contributed by atoms with Crippen molar-refractivity contribution in [2.24, 2.45) is 0 Å². The summed E-state index contributed by atoms with van der Waals surface area (Å²) in [5, 5.41) is 10.5. The third kappa shape index (κ3) is 3.60. The number of halogens is 2. The van der Waals surface area contributed by atoms with Crippen LogP contribution < -0.4 is 5.32 Å². The van der Waals surface area contributed by atoms with Crippen LogP contribution in [0.25, 0.3) is 0 Å². The third-order valence-corrected chi connectivity index (χ3v) is 3.52. The van der Waals surface area contributed by atoms with E-state index in [0.29, 0.717) is 12.0 Å². The number of aromatic nitrogens is 3. The minimum Gasteiger partial charge on any atom is -0.289 e. The lowest BCUT2D eigenvalue weighted by molar-refractivity contribution is 0.102. The first kappa shape index (κ1) is 15.5. The van der Waals surface area contributed by atoms with Gasteiger partial charge in [-0.2, -0.15) is 0 Å². The Balaban J connectivity index is 2.21. The molecule has 0 spiro atoms. The van der Waals surface area contributed by atoms with Crippen LogP contribution in [-0.4, -0.2) is 21.1 Å². The van der Waals surface area contributed by atoms with Crippen molar-refractivity contribution in [1.82, 2.24) is 15.2 Å². The van der Waals surface area contributed by atoms with Gasteiger partial charge in [-0.15, -0.1) is 10.2 Å². The van der Waals surface area contributed by atoms with Crippen molar-refractivity contribution < 1.29 is 9.18 Å². The highest BCUT2D eigenvalue weighted by molar-refractivity contribution is 9.10. The number of rotatable bonds is 4. The summed E-state index contributed by atoms with van der Waals surface area (Å²) in [4.78, 5) is 16.3. The molecular formula is C14H14BrFN4O. The summed E-state index contributed by atoms with van der Waals surface area (Å²) in [6.45, 7) is 3.94. The number of nitrogens with one attached hydrogen (secondary N) is 1. The van der Waals surface area contributed by atoms with Crippen LogP contribution >= 0.6 is 15.9 Å². The molecule has 0 fully saturated rings. The number of carbonyl (C=O) groups is 1. The summed E-state index contributed by atoms with van der Waals surface area (Å²) >= 11 is 3.04. The predicted molar refractivity (Wildman–Crippen MR) is 80.6 cm³/mol. The Bertz CT molecular complexity index is 678. The molecule has 1 N–H and O–H groups in total. The number of amides is 1. The lowest BCUT2D eigenvalue weighted by Gasteiger charge is -2.07. The van der Waals surface area contributed by atoms with Gasteiger partial charge in [0.15, 0.2) is 0 Å². The van der Waals surface area contributed by atoms with E-state index in [1.54, 1.807) is 0 Å². The molecule has 21 heavy (non-hydrogen) atoms. The maximum atomic E-state index is 13.2. The van der Waals surface area contributed by atoms with Gasteiger partial charge in [0.25, 0.3) is 5.91 Å². The van der Waals surface area contributed by atoms with E-state index in [1.165, 1.54) is 18.2 Å². The summed E-state index contributed by atoms with van der Waals surface area (Å²) in [6.07, 6.45) is 1.45. The maximum Gasteiger partial charge on any atom is 0.258 e. The van der Waals surface area contributed by atoms with E-state index < -0.39 is 11.7 Å². The van der Waals surface area contributed by atoms with Gasteiger partial charge in [-0.1, -0.05) is 13.8 Å². The zero-order chi connectivity index (χ0) is 15.4. The molecule has 5 nitrogen and oxygen atoms in total. The molecule has 1 aromatic heterocycles. The number of anilines is 1. The molecule has 0 aliphatic carbocycles. The Morgan fingerprint density at radius 3 is 2.57 bits per heavy atom. The summed E-state index contributed by atoms with van der Waals surface area (Å²) in [5.74, 6) is -0.691. The van der Waals surface area contributed by atoms with Crippen LogP contribution in [0.2, 0.25) is 0 Å². The Morgan fingerprint density at radius 1 is 1.24 bits per heavy atom. The first-order valence-corrected chi connectivity index (χ1v) is 7.33. The van der Waals surface area contributed by atoms with Gasteiger partial charge in [0, 0.05) is 5.56 Å². The molecule has 1 aromatic carbocycles. The van der Waals surface area contributed by atoms with Crippen LogP contribution in [0.15, 0.2) is 22.7 Å². The fourth-order valence-electron chi connectivity index (χ4n) is 1.80. The number of benzene rings is 1. The zero-order valence-electron chi connectivity index (χ0n) is 11.7. The van der Waals surface area contributed by atoms with Crippen LogP contribution in [0, 0.1) is 5.82 Å². The van der Waals surface area contributed by atoms with Crippen LogP contribution in [0.1, 0.15) is 35.6 Å². The average Bonchev–Trinajstić information content (AvgIpc) is 2.49. The quantitative estimate of drug-likeness (QED) is 0.917. The van der Waals surface area contributed by atoms with E-state index in [9.17, 15) is 9.18 Å². The Morgan fingerprint density at radius 2 is 1.95 bits per heavy atom. The normalized spacial score (nSPS) is 10.5. The molecule has 2 aromatic rings. The van der Waals surface area contributed by atoms with Crippen molar-refractivity contribution in [3.8, 4) is 0 Å². The molecule has 0 radical (unpaired) electrons. The van der Waals surface area contributed by atoms with Crippen molar-refractivity contribution in [1.29, 1.82) is 0 Å². The van der Waals surface area contributed by atoms with Crippen LogP contribution in [0.3, 0.4) is 0 Å². The zero-order valence-corrected chi connectivity index (χ0v) is 13.2. The van der Waals surface area contributed by atoms with E-state index in [4.69, 9.17) is 0 Å². The van der Waals surface area contributed by atoms with Crippen LogP contribution in [-0.2, 0) is 12.8 Å².